The Kier molecular flexibility index (Phi) is 4.13. The van der Waals surface area contributed by atoms with Crippen LogP contribution in [0.5, 0.6) is 0 Å². The molecular weight excluding hydrogens is 290 g/mol. The molecule has 0 spiro atoms. The zero-order valence-corrected chi connectivity index (χ0v) is 12.9. The minimum absolute atomic E-state index is 0.0615. The molecule has 0 aliphatic carbocycles. The Hall–Kier alpha value is -2.15. The van der Waals surface area contributed by atoms with Crippen LogP contribution in [0.1, 0.15) is 22.4 Å². The maximum atomic E-state index is 12.1. The number of anilines is 1. The molecule has 1 heterocycles. The topological polar surface area (TPSA) is 91.9 Å². The Morgan fingerprint density at radius 1 is 1.24 bits per heavy atom. The zero-order chi connectivity index (χ0) is 15.6. The molecule has 0 saturated carbocycles. The van der Waals surface area contributed by atoms with E-state index in [1.807, 2.05) is 31.2 Å². The summed E-state index contributed by atoms with van der Waals surface area (Å²) in [7, 11) is -3.47. The van der Waals surface area contributed by atoms with Gasteiger partial charge in [0.1, 0.15) is 0 Å². The molecule has 0 radical (unpaired) electrons. The molecule has 7 heteroatoms. The Labute approximate surface area is 123 Å². The number of aromatic nitrogens is 2. The summed E-state index contributed by atoms with van der Waals surface area (Å²) in [5.74, 6) is -0.0615. The lowest BCUT2D eigenvalue weighted by Crippen LogP contribution is -2.22. The summed E-state index contributed by atoms with van der Waals surface area (Å²) in [6.45, 7) is 3.67. The first-order valence-electron chi connectivity index (χ1n) is 6.38. The smallest absolute Gasteiger partial charge is 0.256 e. The number of aromatic amines is 1. The summed E-state index contributed by atoms with van der Waals surface area (Å²) < 4.78 is 24.5. The molecule has 0 fully saturated rings. The third kappa shape index (κ3) is 3.91. The minimum atomic E-state index is -3.47. The predicted octanol–water partition coefficient (Wildman–Crippen LogP) is 1.35. The highest BCUT2D eigenvalue weighted by Crippen LogP contribution is 2.13. The number of hydrogen-bond donors (Lipinski definition) is 2. The van der Waals surface area contributed by atoms with Gasteiger partial charge in [0, 0.05) is 12.0 Å². The minimum Gasteiger partial charge on any atom is -0.292 e. The maximum Gasteiger partial charge on any atom is 0.256 e. The molecule has 0 aliphatic rings. The van der Waals surface area contributed by atoms with E-state index >= 15 is 0 Å². The molecular formula is C14H17N3O3S. The SMILES string of the molecule is Cc1ccccc1Cc1c(C)nc(NS(C)(=O)=O)[nH]c1=O. The van der Waals surface area contributed by atoms with Gasteiger partial charge in [-0.2, -0.15) is 0 Å². The number of aryl methyl sites for hydroxylation is 2. The van der Waals surface area contributed by atoms with E-state index < -0.39 is 10.0 Å². The van der Waals surface area contributed by atoms with Gasteiger partial charge in [0.05, 0.1) is 11.9 Å². The van der Waals surface area contributed by atoms with Crippen LogP contribution in [0.25, 0.3) is 0 Å². The fourth-order valence-electron chi connectivity index (χ4n) is 2.04. The first-order valence-corrected chi connectivity index (χ1v) is 8.27. The molecule has 2 N–H and O–H groups in total. The highest BCUT2D eigenvalue weighted by molar-refractivity contribution is 7.91. The van der Waals surface area contributed by atoms with E-state index in [-0.39, 0.29) is 11.5 Å². The zero-order valence-electron chi connectivity index (χ0n) is 12.1. The number of nitrogens with zero attached hydrogens (tertiary/aromatic N) is 1. The van der Waals surface area contributed by atoms with Crippen molar-refractivity contribution in [1.29, 1.82) is 0 Å². The summed E-state index contributed by atoms with van der Waals surface area (Å²) in [6.07, 6.45) is 1.46. The lowest BCUT2D eigenvalue weighted by atomic mass is 10.0. The number of hydrogen-bond acceptors (Lipinski definition) is 4. The predicted molar refractivity (Wildman–Crippen MR) is 82.0 cm³/mol. The van der Waals surface area contributed by atoms with E-state index in [1.165, 1.54) is 0 Å². The third-order valence-corrected chi connectivity index (χ3v) is 3.70. The summed E-state index contributed by atoms with van der Waals surface area (Å²) >= 11 is 0. The van der Waals surface area contributed by atoms with Gasteiger partial charge in [-0.3, -0.25) is 14.5 Å². The molecule has 0 unspecified atom stereocenters. The average molecular weight is 307 g/mol. The van der Waals surface area contributed by atoms with Gasteiger partial charge in [-0.25, -0.2) is 13.4 Å². The van der Waals surface area contributed by atoms with Gasteiger partial charge in [-0.15, -0.1) is 0 Å². The lowest BCUT2D eigenvalue weighted by molar-refractivity contribution is 0.606. The monoisotopic (exact) mass is 307 g/mol. The van der Waals surface area contributed by atoms with Crippen LogP contribution in [0.15, 0.2) is 29.1 Å². The second-order valence-electron chi connectivity index (χ2n) is 4.96. The van der Waals surface area contributed by atoms with Crippen molar-refractivity contribution in [3.05, 3.63) is 57.0 Å². The molecule has 112 valence electrons. The first-order chi connectivity index (χ1) is 9.76. The van der Waals surface area contributed by atoms with E-state index in [0.717, 1.165) is 17.4 Å². The second-order valence-corrected chi connectivity index (χ2v) is 6.70. The van der Waals surface area contributed by atoms with Gasteiger partial charge in [0.25, 0.3) is 5.56 Å². The van der Waals surface area contributed by atoms with Crippen molar-refractivity contribution in [3.63, 3.8) is 0 Å². The molecule has 0 amide bonds. The van der Waals surface area contributed by atoms with Crippen molar-refractivity contribution in [2.24, 2.45) is 0 Å². The van der Waals surface area contributed by atoms with E-state index in [1.54, 1.807) is 6.92 Å². The molecule has 2 rings (SSSR count). The van der Waals surface area contributed by atoms with E-state index in [2.05, 4.69) is 14.7 Å². The summed E-state index contributed by atoms with van der Waals surface area (Å²) in [6, 6.07) is 7.79. The van der Waals surface area contributed by atoms with E-state index in [0.29, 0.717) is 17.7 Å². The fraction of sp³-hybridized carbons (Fsp3) is 0.286. The second kappa shape index (κ2) is 5.69. The van der Waals surface area contributed by atoms with Crippen LogP contribution in [-0.4, -0.2) is 24.6 Å². The van der Waals surface area contributed by atoms with Crippen LogP contribution in [-0.2, 0) is 16.4 Å². The van der Waals surface area contributed by atoms with Crippen LogP contribution >= 0.6 is 0 Å². The Morgan fingerprint density at radius 2 is 1.90 bits per heavy atom. The highest BCUT2D eigenvalue weighted by Gasteiger charge is 2.12. The quantitative estimate of drug-likeness (QED) is 0.892. The van der Waals surface area contributed by atoms with Gasteiger partial charge in [-0.05, 0) is 25.0 Å². The van der Waals surface area contributed by atoms with Crippen molar-refractivity contribution >= 4 is 16.0 Å². The van der Waals surface area contributed by atoms with Crippen molar-refractivity contribution in [2.75, 3.05) is 11.0 Å². The number of benzene rings is 1. The number of sulfonamides is 1. The molecule has 2 aromatic rings. The summed E-state index contributed by atoms with van der Waals surface area (Å²) in [4.78, 5) is 18.7. The highest BCUT2D eigenvalue weighted by atomic mass is 32.2. The summed E-state index contributed by atoms with van der Waals surface area (Å²) in [5.41, 5.74) is 2.83. The van der Waals surface area contributed by atoms with Crippen molar-refractivity contribution in [2.45, 2.75) is 20.3 Å². The van der Waals surface area contributed by atoms with Crippen LogP contribution in [0, 0.1) is 13.8 Å². The molecule has 0 atom stereocenters. The van der Waals surface area contributed by atoms with E-state index in [9.17, 15) is 13.2 Å². The largest absolute Gasteiger partial charge is 0.292 e. The average Bonchev–Trinajstić information content (AvgIpc) is 2.33. The number of rotatable bonds is 4. The molecule has 1 aromatic carbocycles. The standard InChI is InChI=1S/C14H17N3O3S/c1-9-6-4-5-7-11(9)8-12-10(2)15-14(16-13(12)18)17-21(3,19)20/h4-7H,8H2,1-3H3,(H2,15,16,17,18). The lowest BCUT2D eigenvalue weighted by Gasteiger charge is -2.09. The van der Waals surface area contributed by atoms with Crippen LogP contribution in [0.4, 0.5) is 5.95 Å². The molecule has 0 aliphatic heterocycles. The van der Waals surface area contributed by atoms with Crippen LogP contribution < -0.4 is 10.3 Å². The van der Waals surface area contributed by atoms with Gasteiger partial charge in [-0.1, -0.05) is 24.3 Å². The van der Waals surface area contributed by atoms with Crippen molar-refractivity contribution in [1.82, 2.24) is 9.97 Å². The molecule has 1 aromatic heterocycles. The third-order valence-electron chi connectivity index (χ3n) is 3.13. The first kappa shape index (κ1) is 15.2. The van der Waals surface area contributed by atoms with Crippen molar-refractivity contribution in [3.8, 4) is 0 Å². The number of nitrogens with one attached hydrogen (secondary N) is 2. The Bertz CT molecular complexity index is 826. The maximum absolute atomic E-state index is 12.1. The van der Waals surface area contributed by atoms with E-state index in [4.69, 9.17) is 0 Å². The van der Waals surface area contributed by atoms with Crippen molar-refractivity contribution < 1.29 is 8.42 Å². The Morgan fingerprint density at radius 3 is 2.48 bits per heavy atom. The van der Waals surface area contributed by atoms with Gasteiger partial charge in [0.2, 0.25) is 16.0 Å². The molecule has 21 heavy (non-hydrogen) atoms. The van der Waals surface area contributed by atoms with Gasteiger partial charge in [0.15, 0.2) is 0 Å². The molecule has 0 saturated heterocycles. The fourth-order valence-corrected chi connectivity index (χ4v) is 2.49. The van der Waals surface area contributed by atoms with Crippen LogP contribution in [0.2, 0.25) is 0 Å². The Balaban J connectivity index is 2.39. The molecule has 6 nitrogen and oxygen atoms in total. The van der Waals surface area contributed by atoms with Crippen LogP contribution in [0.3, 0.4) is 0 Å². The molecule has 0 bridgehead atoms. The van der Waals surface area contributed by atoms with Gasteiger partial charge < -0.3 is 0 Å². The summed E-state index contributed by atoms with van der Waals surface area (Å²) in [5, 5.41) is 0. The normalized spacial score (nSPS) is 11.4. The number of H-pyrrole nitrogens is 1. The van der Waals surface area contributed by atoms with Gasteiger partial charge >= 0.3 is 0 Å².